The summed E-state index contributed by atoms with van der Waals surface area (Å²) in [6.45, 7) is 7.33. The molecule has 0 saturated carbocycles. The number of aliphatic hydroxyl groups excluding tert-OH is 1. The molecule has 0 aliphatic carbocycles. The van der Waals surface area contributed by atoms with Crippen molar-refractivity contribution < 1.29 is 13.9 Å². The molecule has 1 N–H and O–H groups in total. The summed E-state index contributed by atoms with van der Waals surface area (Å²) in [5.74, 6) is -1.80. The molecular weight excluding hydrogens is 210 g/mol. The van der Waals surface area contributed by atoms with Crippen LogP contribution in [0.3, 0.4) is 0 Å². The molecule has 0 aliphatic heterocycles. The molecule has 1 unspecified atom stereocenters. The number of hydrogen-bond donors (Lipinski definition) is 1. The lowest BCUT2D eigenvalue weighted by Gasteiger charge is -2.23. The maximum absolute atomic E-state index is 13.6. The summed E-state index contributed by atoms with van der Waals surface area (Å²) in [6, 6.07) is 2.93. The average Bonchev–Trinajstić information content (AvgIpc) is 2.11. The Morgan fingerprint density at radius 3 is 2.25 bits per heavy atom. The third-order valence-electron chi connectivity index (χ3n) is 2.47. The van der Waals surface area contributed by atoms with Crippen LogP contribution in [0.15, 0.2) is 12.1 Å². The van der Waals surface area contributed by atoms with Crippen LogP contribution in [0.1, 0.15) is 44.4 Å². The molecule has 0 bridgehead atoms. The molecule has 0 spiro atoms. The predicted molar refractivity (Wildman–Crippen MR) is 60.1 cm³/mol. The Morgan fingerprint density at radius 2 is 1.75 bits per heavy atom. The van der Waals surface area contributed by atoms with Gasteiger partial charge in [-0.05, 0) is 24.3 Å². The van der Waals surface area contributed by atoms with E-state index >= 15 is 0 Å². The molecule has 0 amide bonds. The van der Waals surface area contributed by atoms with Crippen LogP contribution in [0.4, 0.5) is 8.78 Å². The summed E-state index contributed by atoms with van der Waals surface area (Å²) in [4.78, 5) is 0. The number of benzene rings is 1. The maximum atomic E-state index is 13.6. The summed E-state index contributed by atoms with van der Waals surface area (Å²) in [6.07, 6.45) is -0.568. The van der Waals surface area contributed by atoms with Gasteiger partial charge in [0.05, 0.1) is 6.10 Å². The second-order valence-electron chi connectivity index (χ2n) is 5.38. The van der Waals surface area contributed by atoms with Crippen LogP contribution in [0.5, 0.6) is 0 Å². The fraction of sp³-hybridized carbons (Fsp3) is 0.538. The molecule has 0 fully saturated rings. The SMILES string of the molecule is Cc1ccc(C(O)CC(C)(C)C)c(F)c1F. The zero-order valence-corrected chi connectivity index (χ0v) is 10.1. The molecule has 1 atom stereocenters. The van der Waals surface area contributed by atoms with Gasteiger partial charge in [-0.3, -0.25) is 0 Å². The van der Waals surface area contributed by atoms with Gasteiger partial charge in [-0.1, -0.05) is 32.9 Å². The van der Waals surface area contributed by atoms with Crippen LogP contribution < -0.4 is 0 Å². The maximum Gasteiger partial charge on any atom is 0.164 e. The molecule has 3 heteroatoms. The minimum Gasteiger partial charge on any atom is -0.388 e. The first-order valence-corrected chi connectivity index (χ1v) is 5.35. The number of aryl methyl sites for hydroxylation is 1. The van der Waals surface area contributed by atoms with Crippen LogP contribution in [0, 0.1) is 24.0 Å². The van der Waals surface area contributed by atoms with Crippen LogP contribution in [-0.2, 0) is 0 Å². The predicted octanol–water partition coefficient (Wildman–Crippen LogP) is 3.74. The van der Waals surface area contributed by atoms with E-state index in [4.69, 9.17) is 0 Å². The number of hydrogen-bond acceptors (Lipinski definition) is 1. The van der Waals surface area contributed by atoms with Crippen molar-refractivity contribution >= 4 is 0 Å². The van der Waals surface area contributed by atoms with Crippen molar-refractivity contribution in [3.05, 3.63) is 34.9 Å². The monoisotopic (exact) mass is 228 g/mol. The van der Waals surface area contributed by atoms with Crippen LogP contribution in [-0.4, -0.2) is 5.11 Å². The van der Waals surface area contributed by atoms with Crippen LogP contribution >= 0.6 is 0 Å². The highest BCUT2D eigenvalue weighted by atomic mass is 19.2. The zero-order chi connectivity index (χ0) is 12.5. The highest BCUT2D eigenvalue weighted by Crippen LogP contribution is 2.31. The van der Waals surface area contributed by atoms with E-state index in [2.05, 4.69) is 0 Å². The normalized spacial score (nSPS) is 13.9. The van der Waals surface area contributed by atoms with Gasteiger partial charge in [0, 0.05) is 5.56 Å². The number of aliphatic hydroxyl groups is 1. The number of rotatable bonds is 2. The van der Waals surface area contributed by atoms with Gasteiger partial charge in [0.1, 0.15) is 0 Å². The quantitative estimate of drug-likeness (QED) is 0.817. The first-order chi connectivity index (χ1) is 7.22. The molecule has 16 heavy (non-hydrogen) atoms. The molecule has 0 radical (unpaired) electrons. The van der Waals surface area contributed by atoms with E-state index < -0.39 is 17.7 Å². The van der Waals surface area contributed by atoms with Crippen molar-refractivity contribution in [1.29, 1.82) is 0 Å². The summed E-state index contributed by atoms with van der Waals surface area (Å²) in [7, 11) is 0. The van der Waals surface area contributed by atoms with E-state index in [1.54, 1.807) is 0 Å². The fourth-order valence-corrected chi connectivity index (χ4v) is 1.61. The Morgan fingerprint density at radius 1 is 1.19 bits per heavy atom. The molecule has 1 rings (SSSR count). The van der Waals surface area contributed by atoms with Crippen LogP contribution in [0.2, 0.25) is 0 Å². The minimum absolute atomic E-state index is 0.0398. The Bertz CT molecular complexity index is 380. The van der Waals surface area contributed by atoms with Gasteiger partial charge in [0.2, 0.25) is 0 Å². The van der Waals surface area contributed by atoms with Crippen molar-refractivity contribution in [3.63, 3.8) is 0 Å². The van der Waals surface area contributed by atoms with Crippen molar-refractivity contribution in [2.24, 2.45) is 5.41 Å². The first-order valence-electron chi connectivity index (χ1n) is 5.35. The van der Waals surface area contributed by atoms with Gasteiger partial charge in [-0.2, -0.15) is 0 Å². The second-order valence-corrected chi connectivity index (χ2v) is 5.38. The topological polar surface area (TPSA) is 20.2 Å². The molecule has 1 aromatic rings. The van der Waals surface area contributed by atoms with E-state index in [0.717, 1.165) is 0 Å². The fourth-order valence-electron chi connectivity index (χ4n) is 1.61. The Labute approximate surface area is 95.1 Å². The smallest absolute Gasteiger partial charge is 0.164 e. The summed E-state index contributed by atoms with van der Waals surface area (Å²) < 4.78 is 26.9. The Balaban J connectivity index is 3.01. The van der Waals surface area contributed by atoms with Crippen molar-refractivity contribution in [2.45, 2.75) is 40.2 Å². The Hall–Kier alpha value is -0.960. The molecule has 1 aromatic carbocycles. The zero-order valence-electron chi connectivity index (χ0n) is 10.1. The minimum atomic E-state index is -0.963. The lowest BCUT2D eigenvalue weighted by atomic mass is 9.86. The van der Waals surface area contributed by atoms with Crippen molar-refractivity contribution in [3.8, 4) is 0 Å². The van der Waals surface area contributed by atoms with Gasteiger partial charge in [0.15, 0.2) is 11.6 Å². The summed E-state index contributed by atoms with van der Waals surface area (Å²) in [5.41, 5.74) is 0.162. The standard InChI is InChI=1S/C13H18F2O/c1-8-5-6-9(12(15)11(8)14)10(16)7-13(2,3)4/h5-6,10,16H,7H2,1-4H3. The van der Waals surface area contributed by atoms with E-state index in [-0.39, 0.29) is 16.5 Å². The first kappa shape index (κ1) is 13.1. The van der Waals surface area contributed by atoms with Gasteiger partial charge in [0.25, 0.3) is 0 Å². The summed E-state index contributed by atoms with van der Waals surface area (Å²) in [5, 5.41) is 9.85. The molecule has 0 aliphatic rings. The summed E-state index contributed by atoms with van der Waals surface area (Å²) >= 11 is 0. The van der Waals surface area contributed by atoms with E-state index in [1.165, 1.54) is 19.1 Å². The lowest BCUT2D eigenvalue weighted by molar-refractivity contribution is 0.118. The van der Waals surface area contributed by atoms with Crippen molar-refractivity contribution in [2.75, 3.05) is 0 Å². The third-order valence-corrected chi connectivity index (χ3v) is 2.47. The second kappa shape index (κ2) is 4.50. The highest BCUT2D eigenvalue weighted by molar-refractivity contribution is 5.27. The molecule has 1 nitrogen and oxygen atoms in total. The van der Waals surface area contributed by atoms with Gasteiger partial charge >= 0.3 is 0 Å². The van der Waals surface area contributed by atoms with Gasteiger partial charge in [-0.15, -0.1) is 0 Å². The molecule has 0 saturated heterocycles. The lowest BCUT2D eigenvalue weighted by Crippen LogP contribution is -2.13. The average molecular weight is 228 g/mol. The molecule has 0 heterocycles. The van der Waals surface area contributed by atoms with E-state index in [9.17, 15) is 13.9 Å². The van der Waals surface area contributed by atoms with E-state index in [1.807, 2.05) is 20.8 Å². The molecule has 90 valence electrons. The highest BCUT2D eigenvalue weighted by Gasteiger charge is 2.22. The largest absolute Gasteiger partial charge is 0.388 e. The van der Waals surface area contributed by atoms with E-state index in [0.29, 0.717) is 6.42 Å². The number of halogens is 2. The van der Waals surface area contributed by atoms with Gasteiger partial charge in [-0.25, -0.2) is 8.78 Å². The molecular formula is C13H18F2O. The van der Waals surface area contributed by atoms with Gasteiger partial charge < -0.3 is 5.11 Å². The third kappa shape index (κ3) is 3.01. The molecule has 0 aromatic heterocycles. The van der Waals surface area contributed by atoms with Crippen molar-refractivity contribution in [1.82, 2.24) is 0 Å². The Kier molecular flexibility index (Phi) is 3.68. The van der Waals surface area contributed by atoms with Crippen LogP contribution in [0.25, 0.3) is 0 Å².